The second-order valence-corrected chi connectivity index (χ2v) is 5.40. The summed E-state index contributed by atoms with van der Waals surface area (Å²) in [6.45, 7) is 5.20. The van der Waals surface area contributed by atoms with Gasteiger partial charge >= 0.3 is 0 Å². The summed E-state index contributed by atoms with van der Waals surface area (Å²) in [5.41, 5.74) is 0.440. The van der Waals surface area contributed by atoms with E-state index < -0.39 is 0 Å². The molecule has 1 fully saturated rings. The van der Waals surface area contributed by atoms with Gasteiger partial charge in [0.1, 0.15) is 23.4 Å². The lowest BCUT2D eigenvalue weighted by Crippen LogP contribution is -2.23. The summed E-state index contributed by atoms with van der Waals surface area (Å²) in [5.74, 6) is 2.28. The highest BCUT2D eigenvalue weighted by Gasteiger charge is 2.19. The SMILES string of the molecule is Cc1nc(C#N)cc(N(C)CCC2CCN(C)C2)n1. The molecule has 1 saturated heterocycles. The number of likely N-dealkylation sites (tertiary alicyclic amines) is 1. The average molecular weight is 259 g/mol. The fourth-order valence-electron chi connectivity index (χ4n) is 2.56. The van der Waals surface area contributed by atoms with E-state index in [-0.39, 0.29) is 0 Å². The van der Waals surface area contributed by atoms with Gasteiger partial charge in [-0.3, -0.25) is 0 Å². The molecular formula is C14H21N5. The molecule has 0 N–H and O–H groups in total. The van der Waals surface area contributed by atoms with Crippen molar-refractivity contribution >= 4 is 5.82 Å². The maximum Gasteiger partial charge on any atom is 0.146 e. The third-order valence-corrected chi connectivity index (χ3v) is 3.69. The lowest BCUT2D eigenvalue weighted by molar-refractivity contribution is 0.389. The largest absolute Gasteiger partial charge is 0.360 e. The van der Waals surface area contributed by atoms with Gasteiger partial charge in [0, 0.05) is 26.2 Å². The van der Waals surface area contributed by atoms with E-state index in [1.54, 1.807) is 6.07 Å². The van der Waals surface area contributed by atoms with Crippen LogP contribution in [-0.4, -0.2) is 48.6 Å². The van der Waals surface area contributed by atoms with Crippen LogP contribution in [-0.2, 0) is 0 Å². The molecule has 5 heteroatoms. The Labute approximate surface area is 114 Å². The van der Waals surface area contributed by atoms with Gasteiger partial charge < -0.3 is 9.80 Å². The highest BCUT2D eigenvalue weighted by Crippen LogP contribution is 2.19. The molecule has 5 nitrogen and oxygen atoms in total. The van der Waals surface area contributed by atoms with Gasteiger partial charge in [-0.15, -0.1) is 0 Å². The zero-order valence-corrected chi connectivity index (χ0v) is 11.9. The second kappa shape index (κ2) is 5.98. The number of anilines is 1. The van der Waals surface area contributed by atoms with Gasteiger partial charge in [0.25, 0.3) is 0 Å². The van der Waals surface area contributed by atoms with Crippen LogP contribution in [0.2, 0.25) is 0 Å². The molecule has 1 aromatic rings. The molecule has 102 valence electrons. The van der Waals surface area contributed by atoms with E-state index in [2.05, 4.69) is 32.9 Å². The van der Waals surface area contributed by atoms with E-state index in [1.165, 1.54) is 25.9 Å². The highest BCUT2D eigenvalue weighted by atomic mass is 15.2. The first-order valence-corrected chi connectivity index (χ1v) is 6.74. The minimum absolute atomic E-state index is 0.440. The molecule has 2 rings (SSSR count). The Kier molecular flexibility index (Phi) is 4.33. The smallest absolute Gasteiger partial charge is 0.146 e. The van der Waals surface area contributed by atoms with E-state index in [9.17, 15) is 0 Å². The summed E-state index contributed by atoms with van der Waals surface area (Å²) in [5, 5.41) is 8.94. The van der Waals surface area contributed by atoms with Crippen LogP contribution in [0.3, 0.4) is 0 Å². The summed E-state index contributed by atoms with van der Waals surface area (Å²) in [7, 11) is 4.21. The fourth-order valence-corrected chi connectivity index (χ4v) is 2.56. The number of aryl methyl sites for hydroxylation is 1. The van der Waals surface area contributed by atoms with Gasteiger partial charge in [0.15, 0.2) is 0 Å². The monoisotopic (exact) mass is 259 g/mol. The average Bonchev–Trinajstić information content (AvgIpc) is 2.81. The van der Waals surface area contributed by atoms with Gasteiger partial charge in [-0.05, 0) is 39.3 Å². The molecule has 0 radical (unpaired) electrons. The molecule has 1 aliphatic heterocycles. The van der Waals surface area contributed by atoms with Crippen molar-refractivity contribution in [1.29, 1.82) is 5.26 Å². The molecule has 2 heterocycles. The summed E-state index contributed by atoms with van der Waals surface area (Å²) >= 11 is 0. The van der Waals surface area contributed by atoms with Crippen molar-refractivity contribution in [1.82, 2.24) is 14.9 Å². The molecule has 0 spiro atoms. The Hall–Kier alpha value is -1.67. The van der Waals surface area contributed by atoms with Crippen molar-refractivity contribution in [3.05, 3.63) is 17.6 Å². The number of hydrogen-bond donors (Lipinski definition) is 0. The molecule has 1 unspecified atom stereocenters. The minimum atomic E-state index is 0.440. The zero-order valence-electron chi connectivity index (χ0n) is 11.9. The molecule has 1 aliphatic rings. The second-order valence-electron chi connectivity index (χ2n) is 5.40. The van der Waals surface area contributed by atoms with Crippen LogP contribution >= 0.6 is 0 Å². The Balaban J connectivity index is 1.94. The Morgan fingerprint density at radius 3 is 2.95 bits per heavy atom. The van der Waals surface area contributed by atoms with Crippen LogP contribution in [0.25, 0.3) is 0 Å². The molecule has 0 amide bonds. The Morgan fingerprint density at radius 1 is 1.53 bits per heavy atom. The summed E-state index contributed by atoms with van der Waals surface area (Å²) in [6.07, 6.45) is 2.46. The molecule has 19 heavy (non-hydrogen) atoms. The van der Waals surface area contributed by atoms with Crippen LogP contribution in [0.5, 0.6) is 0 Å². The highest BCUT2D eigenvalue weighted by molar-refractivity contribution is 5.42. The van der Waals surface area contributed by atoms with Crippen LogP contribution in [0, 0.1) is 24.2 Å². The van der Waals surface area contributed by atoms with E-state index in [0.29, 0.717) is 11.5 Å². The van der Waals surface area contributed by atoms with Crippen molar-refractivity contribution < 1.29 is 0 Å². The molecule has 1 aromatic heterocycles. The molecular weight excluding hydrogens is 238 g/mol. The van der Waals surface area contributed by atoms with Crippen LogP contribution in [0.1, 0.15) is 24.4 Å². The molecule has 0 saturated carbocycles. The normalized spacial score (nSPS) is 19.4. The van der Waals surface area contributed by atoms with Gasteiger partial charge in [-0.1, -0.05) is 0 Å². The fraction of sp³-hybridized carbons (Fsp3) is 0.643. The number of nitriles is 1. The Morgan fingerprint density at radius 2 is 2.32 bits per heavy atom. The van der Waals surface area contributed by atoms with Gasteiger partial charge in [-0.2, -0.15) is 5.26 Å². The maximum absolute atomic E-state index is 8.94. The molecule has 0 aromatic carbocycles. The quantitative estimate of drug-likeness (QED) is 0.819. The molecule has 0 bridgehead atoms. The number of hydrogen-bond acceptors (Lipinski definition) is 5. The summed E-state index contributed by atoms with van der Waals surface area (Å²) < 4.78 is 0. The number of nitrogens with zero attached hydrogens (tertiary/aromatic N) is 5. The van der Waals surface area contributed by atoms with Gasteiger partial charge in [0.05, 0.1) is 0 Å². The van der Waals surface area contributed by atoms with E-state index in [0.717, 1.165) is 18.3 Å². The van der Waals surface area contributed by atoms with Gasteiger partial charge in [0.2, 0.25) is 0 Å². The third kappa shape index (κ3) is 3.65. The number of aromatic nitrogens is 2. The lowest BCUT2D eigenvalue weighted by atomic mass is 10.1. The zero-order chi connectivity index (χ0) is 13.8. The van der Waals surface area contributed by atoms with Crippen molar-refractivity contribution in [3.8, 4) is 6.07 Å². The van der Waals surface area contributed by atoms with Crippen LogP contribution < -0.4 is 4.90 Å². The first-order valence-electron chi connectivity index (χ1n) is 6.74. The first-order chi connectivity index (χ1) is 9.08. The summed E-state index contributed by atoms with van der Waals surface area (Å²) in [6, 6.07) is 3.84. The molecule has 1 atom stereocenters. The van der Waals surface area contributed by atoms with Crippen molar-refractivity contribution in [2.45, 2.75) is 19.8 Å². The Bertz CT molecular complexity index is 479. The van der Waals surface area contributed by atoms with Gasteiger partial charge in [-0.25, -0.2) is 9.97 Å². The van der Waals surface area contributed by atoms with Crippen molar-refractivity contribution in [3.63, 3.8) is 0 Å². The topological polar surface area (TPSA) is 56.1 Å². The van der Waals surface area contributed by atoms with Crippen molar-refractivity contribution in [2.24, 2.45) is 5.92 Å². The van der Waals surface area contributed by atoms with E-state index in [4.69, 9.17) is 5.26 Å². The molecule has 0 aliphatic carbocycles. The predicted molar refractivity (Wildman–Crippen MR) is 75.0 cm³/mol. The minimum Gasteiger partial charge on any atom is -0.360 e. The number of rotatable bonds is 4. The standard InChI is InChI=1S/C14H21N5/c1-11-16-13(9-15)8-14(17-11)19(3)7-5-12-4-6-18(2)10-12/h8,12H,4-7,10H2,1-3H3. The maximum atomic E-state index is 8.94. The lowest BCUT2D eigenvalue weighted by Gasteiger charge is -2.20. The van der Waals surface area contributed by atoms with Crippen LogP contribution in [0.4, 0.5) is 5.82 Å². The van der Waals surface area contributed by atoms with Crippen molar-refractivity contribution in [2.75, 3.05) is 38.6 Å². The van der Waals surface area contributed by atoms with Crippen LogP contribution in [0.15, 0.2) is 6.07 Å². The van der Waals surface area contributed by atoms with E-state index in [1.807, 2.05) is 14.0 Å². The summed E-state index contributed by atoms with van der Waals surface area (Å²) in [4.78, 5) is 13.0. The van der Waals surface area contributed by atoms with E-state index >= 15 is 0 Å². The first kappa shape index (κ1) is 13.8. The third-order valence-electron chi connectivity index (χ3n) is 3.69. The predicted octanol–water partition coefficient (Wildman–Crippen LogP) is 1.43.